The lowest BCUT2D eigenvalue weighted by Gasteiger charge is -2.22. The topological polar surface area (TPSA) is 47.9 Å². The van der Waals surface area contributed by atoms with Crippen LogP contribution in [-0.4, -0.2) is 48.9 Å². The van der Waals surface area contributed by atoms with Gasteiger partial charge in [0.25, 0.3) is 0 Å². The van der Waals surface area contributed by atoms with E-state index in [2.05, 4.69) is 41.3 Å². The van der Waals surface area contributed by atoms with Gasteiger partial charge < -0.3 is 15.1 Å². The van der Waals surface area contributed by atoms with E-state index in [4.69, 9.17) is 0 Å². The Hall–Kier alpha value is -1.31. The van der Waals surface area contributed by atoms with Crippen LogP contribution in [0.15, 0.2) is 29.3 Å². The smallest absolute Gasteiger partial charge is 0.223 e. The molecule has 5 nitrogen and oxygen atoms in total. The number of fused-ring (bicyclic) bond motifs is 1. The SMILES string of the molecule is CCCCN(C)C(=NC)NCCCC(=O)N1Cc2ccccc2C1.I. The van der Waals surface area contributed by atoms with Gasteiger partial charge in [-0.05, 0) is 24.0 Å². The third-order valence-corrected chi connectivity index (χ3v) is 4.46. The van der Waals surface area contributed by atoms with Crippen molar-refractivity contribution in [2.24, 2.45) is 4.99 Å². The van der Waals surface area contributed by atoms with Gasteiger partial charge in [0.2, 0.25) is 5.91 Å². The van der Waals surface area contributed by atoms with E-state index in [9.17, 15) is 4.79 Å². The van der Waals surface area contributed by atoms with Crippen molar-refractivity contribution in [1.29, 1.82) is 0 Å². The number of hydrogen-bond acceptors (Lipinski definition) is 2. The van der Waals surface area contributed by atoms with Crippen LogP contribution in [0.25, 0.3) is 0 Å². The number of rotatable bonds is 7. The highest BCUT2D eigenvalue weighted by atomic mass is 127. The van der Waals surface area contributed by atoms with Gasteiger partial charge in [-0.25, -0.2) is 0 Å². The molecular weight excluding hydrogens is 427 g/mol. The van der Waals surface area contributed by atoms with Crippen molar-refractivity contribution in [3.8, 4) is 0 Å². The quantitative estimate of drug-likeness (QED) is 0.296. The first-order valence-corrected chi connectivity index (χ1v) is 8.92. The average Bonchev–Trinajstić information content (AvgIpc) is 3.03. The van der Waals surface area contributed by atoms with E-state index in [1.54, 1.807) is 7.05 Å². The molecule has 0 unspecified atom stereocenters. The summed E-state index contributed by atoms with van der Waals surface area (Å²) in [7, 11) is 3.86. The molecule has 0 saturated heterocycles. The number of nitrogens with zero attached hydrogens (tertiary/aromatic N) is 3. The molecule has 1 aromatic carbocycles. The van der Waals surface area contributed by atoms with Gasteiger partial charge in [-0.3, -0.25) is 9.79 Å². The summed E-state index contributed by atoms with van der Waals surface area (Å²) in [5.74, 6) is 1.15. The Morgan fingerprint density at radius 3 is 2.44 bits per heavy atom. The minimum Gasteiger partial charge on any atom is -0.356 e. The minimum atomic E-state index is 0. The lowest BCUT2D eigenvalue weighted by atomic mass is 10.1. The van der Waals surface area contributed by atoms with Gasteiger partial charge in [0.05, 0.1) is 0 Å². The second-order valence-electron chi connectivity index (χ2n) is 6.37. The largest absolute Gasteiger partial charge is 0.356 e. The summed E-state index contributed by atoms with van der Waals surface area (Å²) in [6.45, 7) is 5.47. The average molecular weight is 458 g/mol. The molecule has 0 aliphatic carbocycles. The highest BCUT2D eigenvalue weighted by molar-refractivity contribution is 14.0. The zero-order chi connectivity index (χ0) is 17.4. The Morgan fingerprint density at radius 1 is 1.24 bits per heavy atom. The first-order chi connectivity index (χ1) is 11.7. The van der Waals surface area contributed by atoms with E-state index in [0.29, 0.717) is 6.42 Å². The normalized spacial score (nSPS) is 13.2. The summed E-state index contributed by atoms with van der Waals surface area (Å²) in [4.78, 5) is 20.8. The van der Waals surface area contributed by atoms with E-state index in [1.165, 1.54) is 17.5 Å². The molecular formula is C19H31IN4O. The molecule has 1 aliphatic heterocycles. The molecule has 2 rings (SSSR count). The molecule has 0 bridgehead atoms. The molecule has 1 aliphatic rings. The molecule has 1 N–H and O–H groups in total. The van der Waals surface area contributed by atoms with Crippen molar-refractivity contribution in [3.63, 3.8) is 0 Å². The Balaban J connectivity index is 0.00000312. The zero-order valence-corrected chi connectivity index (χ0v) is 18.0. The summed E-state index contributed by atoms with van der Waals surface area (Å²) >= 11 is 0. The van der Waals surface area contributed by atoms with Crippen molar-refractivity contribution >= 4 is 35.8 Å². The van der Waals surface area contributed by atoms with Crippen molar-refractivity contribution in [1.82, 2.24) is 15.1 Å². The van der Waals surface area contributed by atoms with E-state index in [1.807, 2.05) is 17.0 Å². The summed E-state index contributed by atoms with van der Waals surface area (Å²) in [5.41, 5.74) is 2.56. The summed E-state index contributed by atoms with van der Waals surface area (Å²) in [6.07, 6.45) is 3.74. The Kier molecular flexibility index (Phi) is 9.85. The summed E-state index contributed by atoms with van der Waals surface area (Å²) < 4.78 is 0. The Labute approximate surface area is 168 Å². The molecule has 140 valence electrons. The molecule has 0 atom stereocenters. The van der Waals surface area contributed by atoms with Crippen molar-refractivity contribution in [2.45, 2.75) is 45.7 Å². The zero-order valence-electron chi connectivity index (χ0n) is 15.6. The van der Waals surface area contributed by atoms with E-state index < -0.39 is 0 Å². The number of benzene rings is 1. The highest BCUT2D eigenvalue weighted by Gasteiger charge is 2.22. The summed E-state index contributed by atoms with van der Waals surface area (Å²) in [5, 5.41) is 3.35. The predicted octanol–water partition coefficient (Wildman–Crippen LogP) is 3.23. The van der Waals surface area contributed by atoms with Crippen LogP contribution in [0.1, 0.15) is 43.7 Å². The van der Waals surface area contributed by atoms with Crippen LogP contribution >= 0.6 is 24.0 Å². The maximum absolute atomic E-state index is 12.4. The maximum atomic E-state index is 12.4. The number of aliphatic imine (C=N–C) groups is 1. The Bertz CT molecular complexity index is 551. The van der Waals surface area contributed by atoms with Gasteiger partial charge >= 0.3 is 0 Å². The number of hydrogen-bond donors (Lipinski definition) is 1. The third-order valence-electron chi connectivity index (χ3n) is 4.46. The standard InChI is InChI=1S/C19H30N4O.HI/c1-4-5-13-22(3)19(20-2)21-12-8-11-18(24)23-14-16-9-6-7-10-17(16)15-23;/h6-7,9-10H,4-5,8,11-15H2,1-3H3,(H,20,21);1H. The van der Waals surface area contributed by atoms with E-state index in [0.717, 1.165) is 45.0 Å². The molecule has 0 fully saturated rings. The van der Waals surface area contributed by atoms with Crippen molar-refractivity contribution < 1.29 is 4.79 Å². The monoisotopic (exact) mass is 458 g/mol. The van der Waals surface area contributed by atoms with Crippen LogP contribution in [0.3, 0.4) is 0 Å². The first kappa shape index (κ1) is 21.7. The Morgan fingerprint density at radius 2 is 1.88 bits per heavy atom. The van der Waals surface area contributed by atoms with Gasteiger partial charge in [-0.1, -0.05) is 37.6 Å². The third kappa shape index (κ3) is 6.49. The van der Waals surface area contributed by atoms with Gasteiger partial charge in [-0.2, -0.15) is 0 Å². The van der Waals surface area contributed by atoms with Crippen LogP contribution in [0.4, 0.5) is 0 Å². The van der Waals surface area contributed by atoms with Crippen LogP contribution in [0.5, 0.6) is 0 Å². The van der Waals surface area contributed by atoms with Crippen molar-refractivity contribution in [2.75, 3.05) is 27.2 Å². The van der Waals surface area contributed by atoms with Gasteiger partial charge in [0.15, 0.2) is 5.96 Å². The second-order valence-corrected chi connectivity index (χ2v) is 6.37. The number of halogens is 1. The fraction of sp³-hybridized carbons (Fsp3) is 0.579. The fourth-order valence-electron chi connectivity index (χ4n) is 2.99. The van der Waals surface area contributed by atoms with Crippen LogP contribution in [-0.2, 0) is 17.9 Å². The molecule has 0 spiro atoms. The van der Waals surface area contributed by atoms with Crippen LogP contribution in [0, 0.1) is 0 Å². The molecule has 6 heteroatoms. The number of nitrogens with one attached hydrogen (secondary N) is 1. The number of unbranched alkanes of at least 4 members (excludes halogenated alkanes) is 1. The van der Waals surface area contributed by atoms with Crippen molar-refractivity contribution in [3.05, 3.63) is 35.4 Å². The number of amides is 1. The van der Waals surface area contributed by atoms with Gasteiger partial charge in [0, 0.05) is 46.7 Å². The molecule has 1 aromatic rings. The molecule has 25 heavy (non-hydrogen) atoms. The maximum Gasteiger partial charge on any atom is 0.223 e. The second kappa shape index (κ2) is 11.3. The molecule has 0 radical (unpaired) electrons. The fourth-order valence-corrected chi connectivity index (χ4v) is 2.99. The molecule has 1 heterocycles. The van der Waals surface area contributed by atoms with Gasteiger partial charge in [0.1, 0.15) is 0 Å². The number of carbonyl (C=O) groups is 1. The first-order valence-electron chi connectivity index (χ1n) is 8.92. The summed E-state index contributed by atoms with van der Waals surface area (Å²) in [6, 6.07) is 8.30. The molecule has 0 saturated carbocycles. The lowest BCUT2D eigenvalue weighted by molar-refractivity contribution is -0.131. The van der Waals surface area contributed by atoms with Crippen LogP contribution in [0.2, 0.25) is 0 Å². The minimum absolute atomic E-state index is 0. The van der Waals surface area contributed by atoms with Gasteiger partial charge in [-0.15, -0.1) is 24.0 Å². The highest BCUT2D eigenvalue weighted by Crippen LogP contribution is 2.22. The van der Waals surface area contributed by atoms with E-state index in [-0.39, 0.29) is 29.9 Å². The predicted molar refractivity (Wildman–Crippen MR) is 114 cm³/mol. The molecule has 1 amide bonds. The van der Waals surface area contributed by atoms with E-state index >= 15 is 0 Å². The molecule has 0 aromatic heterocycles. The lowest BCUT2D eigenvalue weighted by Crippen LogP contribution is -2.40. The number of guanidine groups is 1. The van der Waals surface area contributed by atoms with Crippen LogP contribution < -0.4 is 5.32 Å². The number of carbonyl (C=O) groups excluding carboxylic acids is 1.